The number of rotatable bonds is 6. The lowest BCUT2D eigenvalue weighted by molar-refractivity contribution is -0.148. The van der Waals surface area contributed by atoms with Crippen molar-refractivity contribution in [2.24, 2.45) is 0 Å². The molecule has 11 heteroatoms. The zero-order valence-corrected chi connectivity index (χ0v) is 17.5. The van der Waals surface area contributed by atoms with Crippen molar-refractivity contribution in [3.8, 4) is 0 Å². The molecule has 1 unspecified atom stereocenters. The first-order valence-electron chi connectivity index (χ1n) is 9.05. The molecular weight excluding hydrogens is 428 g/mol. The molecule has 3 N–H and O–H groups in total. The Bertz CT molecular complexity index is 1080. The molecule has 30 heavy (non-hydrogen) atoms. The summed E-state index contributed by atoms with van der Waals surface area (Å²) in [5.74, 6) is -0.247. The number of carboxylic acid groups (broad SMARTS) is 1. The van der Waals surface area contributed by atoms with E-state index < -0.39 is 23.5 Å². The number of thiazole rings is 1. The van der Waals surface area contributed by atoms with Crippen LogP contribution in [0.15, 0.2) is 47.3 Å². The number of nitrogens with one attached hydrogen (secondary N) is 2. The number of aromatic nitrogens is 1. The number of allylic oxidation sites excluding steroid dienone is 2. The minimum atomic E-state index is -1.49. The number of anilines is 1. The topological polar surface area (TPSA) is 121 Å². The van der Waals surface area contributed by atoms with Crippen LogP contribution in [0.5, 0.6) is 0 Å². The van der Waals surface area contributed by atoms with E-state index in [9.17, 15) is 14.4 Å². The highest BCUT2D eigenvalue weighted by molar-refractivity contribution is 8.00. The van der Waals surface area contributed by atoms with Gasteiger partial charge >= 0.3 is 6.16 Å². The van der Waals surface area contributed by atoms with Gasteiger partial charge in [0.2, 0.25) is 11.8 Å². The van der Waals surface area contributed by atoms with Crippen LogP contribution in [0.3, 0.4) is 0 Å². The number of β-lactam (4-membered cyclic amide) rings is 1. The lowest BCUT2D eigenvalue weighted by Crippen LogP contribution is -2.70. The van der Waals surface area contributed by atoms with Gasteiger partial charge in [-0.25, -0.2) is 9.78 Å². The van der Waals surface area contributed by atoms with Gasteiger partial charge in [0.1, 0.15) is 11.4 Å². The number of hydrogen-bond acceptors (Lipinski definition) is 8. The van der Waals surface area contributed by atoms with Gasteiger partial charge in [0.05, 0.1) is 22.3 Å². The molecule has 1 aromatic carbocycles. The largest absolute Gasteiger partial charge is 0.512 e. The van der Waals surface area contributed by atoms with Gasteiger partial charge < -0.3 is 20.5 Å². The van der Waals surface area contributed by atoms with E-state index in [0.29, 0.717) is 11.3 Å². The zero-order chi connectivity index (χ0) is 21.3. The Labute approximate surface area is 179 Å². The molecule has 2 atom stereocenters. The number of carbonyl (C=O) groups is 3. The molecule has 2 aliphatic rings. The fraction of sp³-hybridized carbons (Fsp3) is 0.263. The Kier molecular flexibility index (Phi) is 5.64. The first-order chi connectivity index (χ1) is 14.5. The summed E-state index contributed by atoms with van der Waals surface area (Å²) in [6.45, 7) is 1.80. The molecule has 1 fully saturated rings. The Morgan fingerprint density at radius 2 is 2.27 bits per heavy atom. The van der Waals surface area contributed by atoms with Crippen LogP contribution in [0.4, 0.5) is 10.5 Å². The summed E-state index contributed by atoms with van der Waals surface area (Å²) in [7, 11) is 0. The highest BCUT2D eigenvalue weighted by Crippen LogP contribution is 2.41. The smallest absolute Gasteiger partial charge is 0.449 e. The van der Waals surface area contributed by atoms with E-state index in [1.54, 1.807) is 24.6 Å². The van der Waals surface area contributed by atoms with Gasteiger partial charge in [0.25, 0.3) is 5.91 Å². The minimum absolute atomic E-state index is 0.00359. The lowest BCUT2D eigenvalue weighted by Gasteiger charge is -2.48. The number of ether oxygens (including phenoxy) is 1. The van der Waals surface area contributed by atoms with Crippen molar-refractivity contribution in [1.82, 2.24) is 15.2 Å². The zero-order valence-electron chi connectivity index (χ0n) is 15.8. The predicted molar refractivity (Wildman–Crippen MR) is 114 cm³/mol. The Morgan fingerprint density at radius 3 is 3.03 bits per heavy atom. The number of benzene rings is 1. The van der Waals surface area contributed by atoms with Crippen molar-refractivity contribution in [3.05, 3.63) is 47.3 Å². The summed E-state index contributed by atoms with van der Waals surface area (Å²) >= 11 is 2.96. The van der Waals surface area contributed by atoms with E-state index in [2.05, 4.69) is 15.6 Å². The normalized spacial score (nSPS) is 20.8. The van der Waals surface area contributed by atoms with Gasteiger partial charge in [-0.3, -0.25) is 14.5 Å². The van der Waals surface area contributed by atoms with Crippen LogP contribution >= 0.6 is 23.1 Å². The van der Waals surface area contributed by atoms with Crippen molar-refractivity contribution in [1.29, 1.82) is 0 Å². The molecule has 0 aliphatic carbocycles. The maximum Gasteiger partial charge on any atom is 0.512 e. The number of fused-ring (bicyclic) bond motifs is 2. The molecule has 2 amide bonds. The molecule has 0 spiro atoms. The first kappa shape index (κ1) is 20.2. The third-order valence-corrected chi connectivity index (χ3v) is 6.69. The first-order valence-corrected chi connectivity index (χ1v) is 11.0. The summed E-state index contributed by atoms with van der Waals surface area (Å²) in [5.41, 5.74) is 4.05. The van der Waals surface area contributed by atoms with E-state index in [1.807, 2.05) is 18.2 Å². The molecule has 3 heterocycles. The average Bonchev–Trinajstić information content (AvgIpc) is 3.19. The van der Waals surface area contributed by atoms with Crippen LogP contribution in [0.1, 0.15) is 6.92 Å². The van der Waals surface area contributed by atoms with Gasteiger partial charge in [0.15, 0.2) is 0 Å². The van der Waals surface area contributed by atoms with Crippen LogP contribution in [0.2, 0.25) is 0 Å². The van der Waals surface area contributed by atoms with Crippen LogP contribution in [-0.2, 0) is 14.3 Å². The van der Waals surface area contributed by atoms with Crippen molar-refractivity contribution in [2.75, 3.05) is 17.6 Å². The second-order valence-electron chi connectivity index (χ2n) is 6.54. The highest BCUT2D eigenvalue weighted by atomic mass is 32.2. The average molecular weight is 447 g/mol. The maximum absolute atomic E-state index is 12.6. The fourth-order valence-corrected chi connectivity index (χ4v) is 5.28. The van der Waals surface area contributed by atoms with Crippen molar-refractivity contribution in [3.63, 3.8) is 0 Å². The molecule has 1 saturated heterocycles. The molecule has 1 aromatic heterocycles. The summed E-state index contributed by atoms with van der Waals surface area (Å²) < 4.78 is 5.87. The molecular formula is C19H18N4O5S2. The van der Waals surface area contributed by atoms with E-state index in [4.69, 9.17) is 9.84 Å². The fourth-order valence-electron chi connectivity index (χ4n) is 3.27. The molecule has 2 aliphatic heterocycles. The third-order valence-electron chi connectivity index (χ3n) is 4.60. The molecule has 0 saturated carbocycles. The van der Waals surface area contributed by atoms with Crippen molar-refractivity contribution >= 4 is 57.0 Å². The van der Waals surface area contributed by atoms with Crippen LogP contribution < -0.4 is 10.6 Å². The molecule has 156 valence electrons. The van der Waals surface area contributed by atoms with Crippen molar-refractivity contribution in [2.45, 2.75) is 18.3 Å². The second kappa shape index (κ2) is 8.36. The summed E-state index contributed by atoms with van der Waals surface area (Å²) in [5, 5.41) is 14.4. The molecule has 9 nitrogen and oxygen atoms in total. The van der Waals surface area contributed by atoms with Gasteiger partial charge in [-0.15, -0.1) is 23.1 Å². The predicted octanol–water partition coefficient (Wildman–Crippen LogP) is 2.59. The van der Waals surface area contributed by atoms with E-state index in [0.717, 1.165) is 15.9 Å². The Hall–Kier alpha value is -3.05. The van der Waals surface area contributed by atoms with Gasteiger partial charge in [-0.1, -0.05) is 12.2 Å². The Morgan fingerprint density at radius 1 is 1.43 bits per heavy atom. The number of amides is 2. The number of hydrogen-bond donors (Lipinski definition) is 3. The number of nitrogens with zero attached hydrogens (tertiary/aromatic N) is 2. The van der Waals surface area contributed by atoms with Crippen LogP contribution in [-0.4, -0.2) is 56.7 Å². The minimum Gasteiger partial charge on any atom is -0.449 e. The van der Waals surface area contributed by atoms with E-state index >= 15 is 0 Å². The van der Waals surface area contributed by atoms with Gasteiger partial charge in [0, 0.05) is 17.0 Å². The van der Waals surface area contributed by atoms with Crippen LogP contribution in [0, 0.1) is 0 Å². The number of carbonyl (C=O) groups excluding carboxylic acids is 2. The molecule has 0 radical (unpaired) electrons. The maximum atomic E-state index is 12.6. The van der Waals surface area contributed by atoms with Gasteiger partial charge in [-0.05, 0) is 25.1 Å². The summed E-state index contributed by atoms with van der Waals surface area (Å²) in [4.78, 5) is 41.5. The summed E-state index contributed by atoms with van der Waals surface area (Å²) in [6, 6.07) is 4.90. The third kappa shape index (κ3) is 3.85. The summed E-state index contributed by atoms with van der Waals surface area (Å²) in [6.07, 6.45) is 1.98. The second-order valence-corrected chi connectivity index (χ2v) is 8.53. The lowest BCUT2D eigenvalue weighted by atomic mass is 10.1. The monoisotopic (exact) mass is 446 g/mol. The Balaban J connectivity index is 1.38. The van der Waals surface area contributed by atoms with Crippen molar-refractivity contribution < 1.29 is 24.2 Å². The molecule has 0 bridgehead atoms. The SMILES string of the molecule is C/C=C\C1=C(OC(=O)O)N2C(=O)C(NC(=O)CNc3ccc4ncsc4c3)[C@@H]2SC1. The highest BCUT2D eigenvalue weighted by Gasteiger charge is 2.53. The molecule has 4 rings (SSSR count). The number of thioether (sulfide) groups is 1. The van der Waals surface area contributed by atoms with E-state index in [-0.39, 0.29) is 18.3 Å². The van der Waals surface area contributed by atoms with Gasteiger partial charge in [-0.2, -0.15) is 0 Å². The quantitative estimate of drug-likeness (QED) is 0.457. The standard InChI is InChI=1S/C19H18N4O5S2/c1-2-3-10-8-29-18-15(16(25)23(18)17(10)28-19(26)27)22-14(24)7-20-11-4-5-12-13(6-11)30-9-21-12/h2-6,9,15,18,20H,7-8H2,1H3,(H,22,24)(H,26,27)/b3-2-/t15?,18-/m0/s1. The molecule has 2 aromatic rings. The van der Waals surface area contributed by atoms with E-state index in [1.165, 1.54) is 28.0 Å². The van der Waals surface area contributed by atoms with Crippen LogP contribution in [0.25, 0.3) is 10.2 Å².